The van der Waals surface area contributed by atoms with Crippen LogP contribution in [-0.4, -0.2) is 32.1 Å². The second-order valence-electron chi connectivity index (χ2n) is 5.75. The minimum atomic E-state index is -1.12. The van der Waals surface area contributed by atoms with Crippen LogP contribution in [0.4, 0.5) is 0 Å². The fraction of sp³-hybridized carbons (Fsp3) is 0. The van der Waals surface area contributed by atoms with Crippen LogP contribution in [0.15, 0.2) is 60.8 Å². The van der Waals surface area contributed by atoms with Crippen LogP contribution in [0.3, 0.4) is 0 Å². The van der Waals surface area contributed by atoms with Crippen LogP contribution in [0.1, 0.15) is 20.7 Å². The minimum Gasteiger partial charge on any atom is -0.478 e. The van der Waals surface area contributed by atoms with Crippen LogP contribution in [0, 0.1) is 0 Å². The first-order valence-corrected chi connectivity index (χ1v) is 7.81. The van der Waals surface area contributed by atoms with Gasteiger partial charge in [0.05, 0.1) is 27.9 Å². The van der Waals surface area contributed by atoms with Crippen molar-refractivity contribution in [2.45, 2.75) is 0 Å². The Bertz CT molecular complexity index is 1200. The molecule has 126 valence electrons. The van der Waals surface area contributed by atoms with Crippen molar-refractivity contribution in [3.8, 4) is 11.3 Å². The zero-order chi connectivity index (χ0) is 18.3. The van der Waals surface area contributed by atoms with Crippen LogP contribution in [0.5, 0.6) is 0 Å². The number of rotatable bonds is 3. The van der Waals surface area contributed by atoms with E-state index >= 15 is 0 Å². The van der Waals surface area contributed by atoms with E-state index < -0.39 is 11.9 Å². The summed E-state index contributed by atoms with van der Waals surface area (Å²) in [6.07, 6.45) is 1.43. The molecule has 0 aliphatic rings. The number of aromatic nitrogens is 2. The molecule has 4 rings (SSSR count). The Labute approximate surface area is 147 Å². The Hall–Kier alpha value is -3.80. The molecule has 0 spiro atoms. The van der Waals surface area contributed by atoms with Gasteiger partial charge in [-0.25, -0.2) is 14.6 Å². The van der Waals surface area contributed by atoms with Crippen molar-refractivity contribution in [2.75, 3.05) is 0 Å². The molecule has 6 heteroatoms. The average Bonchev–Trinajstić information content (AvgIpc) is 2.65. The number of nitrogens with zero attached hydrogens (tertiary/aromatic N) is 2. The predicted octanol–water partition coefficient (Wildman–Crippen LogP) is 3.85. The van der Waals surface area contributed by atoms with Crippen molar-refractivity contribution >= 4 is 33.7 Å². The monoisotopic (exact) mass is 344 g/mol. The van der Waals surface area contributed by atoms with Crippen LogP contribution in [0.2, 0.25) is 0 Å². The Balaban J connectivity index is 2.09. The SMILES string of the molecule is O=C(O)c1cc(-c2cnc3ccccc3c2C(=O)O)nc2ccccc12. The number of pyridine rings is 2. The highest BCUT2D eigenvalue weighted by atomic mass is 16.4. The summed E-state index contributed by atoms with van der Waals surface area (Å²) in [4.78, 5) is 32.4. The second-order valence-corrected chi connectivity index (χ2v) is 5.75. The Morgan fingerprint density at radius 1 is 0.808 bits per heavy atom. The summed E-state index contributed by atoms with van der Waals surface area (Å²) < 4.78 is 0. The molecule has 2 aromatic carbocycles. The molecule has 0 radical (unpaired) electrons. The number of benzene rings is 2. The highest BCUT2D eigenvalue weighted by Crippen LogP contribution is 2.30. The fourth-order valence-electron chi connectivity index (χ4n) is 3.06. The van der Waals surface area contributed by atoms with E-state index in [9.17, 15) is 19.8 Å². The lowest BCUT2D eigenvalue weighted by molar-refractivity contribution is 0.0689. The van der Waals surface area contributed by atoms with E-state index in [1.165, 1.54) is 12.3 Å². The lowest BCUT2D eigenvalue weighted by atomic mass is 9.98. The smallest absolute Gasteiger partial charge is 0.337 e. The van der Waals surface area contributed by atoms with E-state index in [1.807, 2.05) is 0 Å². The quantitative estimate of drug-likeness (QED) is 0.585. The molecule has 0 fully saturated rings. The lowest BCUT2D eigenvalue weighted by Crippen LogP contribution is -2.05. The van der Waals surface area contributed by atoms with Crippen molar-refractivity contribution in [1.82, 2.24) is 9.97 Å². The normalized spacial score (nSPS) is 10.9. The number of para-hydroxylation sites is 2. The summed E-state index contributed by atoms with van der Waals surface area (Å²) in [5.74, 6) is -2.22. The number of hydrogen-bond donors (Lipinski definition) is 2. The number of carbonyl (C=O) groups is 2. The maximum Gasteiger partial charge on any atom is 0.337 e. The Morgan fingerprint density at radius 2 is 1.46 bits per heavy atom. The molecule has 0 bridgehead atoms. The second kappa shape index (κ2) is 5.93. The van der Waals surface area contributed by atoms with Gasteiger partial charge in [0.2, 0.25) is 0 Å². The number of aromatic carboxylic acids is 2. The standard InChI is InChI=1S/C20H12N2O4/c23-19(24)13-9-17(22-16-8-4-1-5-11(13)16)14-10-21-15-7-3-2-6-12(15)18(14)20(25)26/h1-10H,(H,23,24)(H,25,26). The van der Waals surface area contributed by atoms with Gasteiger partial charge >= 0.3 is 11.9 Å². The minimum absolute atomic E-state index is 0.0507. The number of fused-ring (bicyclic) bond motifs is 2. The molecule has 0 amide bonds. The van der Waals surface area contributed by atoms with E-state index in [0.29, 0.717) is 21.8 Å². The highest BCUT2D eigenvalue weighted by Gasteiger charge is 2.20. The first-order valence-electron chi connectivity index (χ1n) is 7.81. The number of carboxylic acids is 2. The highest BCUT2D eigenvalue weighted by molar-refractivity contribution is 6.09. The zero-order valence-corrected chi connectivity index (χ0v) is 13.4. The molecular weight excluding hydrogens is 332 g/mol. The fourth-order valence-corrected chi connectivity index (χ4v) is 3.06. The number of carboxylic acid groups (broad SMARTS) is 2. The van der Waals surface area contributed by atoms with Gasteiger partial charge in [0.15, 0.2) is 0 Å². The molecule has 2 aromatic heterocycles. The van der Waals surface area contributed by atoms with Gasteiger partial charge < -0.3 is 10.2 Å². The first kappa shape index (κ1) is 15.7. The zero-order valence-electron chi connectivity index (χ0n) is 13.4. The molecule has 0 unspecified atom stereocenters. The van der Waals surface area contributed by atoms with Gasteiger partial charge in [-0.05, 0) is 18.2 Å². The maximum absolute atomic E-state index is 11.9. The van der Waals surface area contributed by atoms with Crippen LogP contribution < -0.4 is 0 Å². The molecule has 0 saturated heterocycles. The molecule has 0 saturated carbocycles. The van der Waals surface area contributed by atoms with Crippen molar-refractivity contribution < 1.29 is 19.8 Å². The van der Waals surface area contributed by atoms with Gasteiger partial charge in [-0.2, -0.15) is 0 Å². The third kappa shape index (κ3) is 2.44. The lowest BCUT2D eigenvalue weighted by Gasteiger charge is -2.11. The summed E-state index contributed by atoms with van der Waals surface area (Å²) >= 11 is 0. The van der Waals surface area contributed by atoms with Gasteiger partial charge in [-0.3, -0.25) is 4.98 Å². The van der Waals surface area contributed by atoms with Crippen LogP contribution in [-0.2, 0) is 0 Å². The van der Waals surface area contributed by atoms with Crippen molar-refractivity contribution in [3.63, 3.8) is 0 Å². The van der Waals surface area contributed by atoms with E-state index in [4.69, 9.17) is 0 Å². The Morgan fingerprint density at radius 3 is 2.15 bits per heavy atom. The third-order valence-electron chi connectivity index (χ3n) is 4.21. The largest absolute Gasteiger partial charge is 0.478 e. The maximum atomic E-state index is 11.9. The van der Waals surface area contributed by atoms with E-state index in [2.05, 4.69) is 9.97 Å². The molecule has 6 nitrogen and oxygen atoms in total. The van der Waals surface area contributed by atoms with Gasteiger partial charge in [-0.15, -0.1) is 0 Å². The molecule has 2 heterocycles. The molecule has 26 heavy (non-hydrogen) atoms. The van der Waals surface area contributed by atoms with Crippen LogP contribution >= 0.6 is 0 Å². The van der Waals surface area contributed by atoms with Gasteiger partial charge in [0.1, 0.15) is 0 Å². The van der Waals surface area contributed by atoms with E-state index in [-0.39, 0.29) is 22.4 Å². The van der Waals surface area contributed by atoms with Crippen molar-refractivity contribution in [1.29, 1.82) is 0 Å². The van der Waals surface area contributed by atoms with Crippen molar-refractivity contribution in [2.24, 2.45) is 0 Å². The van der Waals surface area contributed by atoms with Crippen LogP contribution in [0.25, 0.3) is 33.1 Å². The molecular formula is C20H12N2O4. The molecule has 0 aliphatic carbocycles. The first-order chi connectivity index (χ1) is 12.6. The van der Waals surface area contributed by atoms with Gasteiger partial charge in [0.25, 0.3) is 0 Å². The third-order valence-corrected chi connectivity index (χ3v) is 4.21. The average molecular weight is 344 g/mol. The molecule has 0 aliphatic heterocycles. The summed E-state index contributed by atoms with van der Waals surface area (Å²) in [7, 11) is 0. The molecule has 4 aromatic rings. The Kier molecular flexibility index (Phi) is 3.58. The van der Waals surface area contributed by atoms with E-state index in [1.54, 1.807) is 48.5 Å². The number of hydrogen-bond acceptors (Lipinski definition) is 4. The van der Waals surface area contributed by atoms with Gasteiger partial charge in [0, 0.05) is 22.5 Å². The van der Waals surface area contributed by atoms with Crippen molar-refractivity contribution in [3.05, 3.63) is 71.9 Å². The summed E-state index contributed by atoms with van der Waals surface area (Å²) in [6.45, 7) is 0. The summed E-state index contributed by atoms with van der Waals surface area (Å²) in [5, 5.41) is 20.3. The molecule has 0 atom stereocenters. The topological polar surface area (TPSA) is 100 Å². The van der Waals surface area contributed by atoms with Gasteiger partial charge in [-0.1, -0.05) is 36.4 Å². The summed E-state index contributed by atoms with van der Waals surface area (Å²) in [6, 6.07) is 15.2. The molecule has 2 N–H and O–H groups in total. The predicted molar refractivity (Wildman–Crippen MR) is 96.4 cm³/mol. The van der Waals surface area contributed by atoms with E-state index in [0.717, 1.165) is 0 Å². The summed E-state index contributed by atoms with van der Waals surface area (Å²) in [5.41, 5.74) is 1.69.